The van der Waals surface area contributed by atoms with E-state index in [9.17, 15) is 4.79 Å². The Hall–Kier alpha value is -2.74. The molecule has 2 aromatic carbocycles. The van der Waals surface area contributed by atoms with Crippen LogP contribution in [0.3, 0.4) is 0 Å². The molecule has 1 aliphatic rings. The number of nitrogens with zero attached hydrogens (tertiary/aromatic N) is 3. The summed E-state index contributed by atoms with van der Waals surface area (Å²) >= 11 is 3.43. The number of hydrogen-bond donors (Lipinski definition) is 0. The van der Waals surface area contributed by atoms with Crippen LogP contribution in [0.1, 0.15) is 5.01 Å². The Morgan fingerprint density at radius 2 is 1.81 bits per heavy atom. The monoisotopic (exact) mass is 449 g/mol. The van der Waals surface area contributed by atoms with Gasteiger partial charge in [0.15, 0.2) is 6.61 Å². The molecule has 0 bridgehead atoms. The Kier molecular flexibility index (Phi) is 5.97. The van der Waals surface area contributed by atoms with Gasteiger partial charge in [-0.15, -0.1) is 22.7 Å². The number of rotatable bonds is 6. The Labute approximate surface area is 189 Å². The predicted molar refractivity (Wildman–Crippen MR) is 127 cm³/mol. The maximum atomic E-state index is 12.6. The van der Waals surface area contributed by atoms with Gasteiger partial charge in [0.2, 0.25) is 0 Å². The number of carbonyl (C=O) groups is 1. The summed E-state index contributed by atoms with van der Waals surface area (Å²) < 4.78 is 5.78. The number of thiophene rings is 1. The minimum Gasteiger partial charge on any atom is -0.484 e. The molecule has 0 spiro atoms. The van der Waals surface area contributed by atoms with Gasteiger partial charge in [-0.1, -0.05) is 36.4 Å². The molecule has 158 valence electrons. The van der Waals surface area contributed by atoms with E-state index in [4.69, 9.17) is 9.72 Å². The second-order valence-electron chi connectivity index (χ2n) is 7.56. The summed E-state index contributed by atoms with van der Waals surface area (Å²) in [7, 11) is 0. The molecule has 2 aromatic heterocycles. The highest BCUT2D eigenvalue weighted by molar-refractivity contribution is 7.14. The highest BCUT2D eigenvalue weighted by Crippen LogP contribution is 2.27. The van der Waals surface area contributed by atoms with E-state index in [2.05, 4.69) is 39.9 Å². The van der Waals surface area contributed by atoms with E-state index in [0.717, 1.165) is 54.6 Å². The summed E-state index contributed by atoms with van der Waals surface area (Å²) in [6, 6.07) is 18.2. The van der Waals surface area contributed by atoms with E-state index in [1.54, 1.807) is 22.7 Å². The molecule has 5 nitrogen and oxygen atoms in total. The molecule has 0 atom stereocenters. The van der Waals surface area contributed by atoms with Gasteiger partial charge in [-0.3, -0.25) is 9.69 Å². The first-order chi connectivity index (χ1) is 15.2. The predicted octanol–water partition coefficient (Wildman–Crippen LogP) is 4.75. The molecule has 7 heteroatoms. The lowest BCUT2D eigenvalue weighted by atomic mass is 10.1. The molecule has 1 aliphatic heterocycles. The van der Waals surface area contributed by atoms with Gasteiger partial charge in [-0.25, -0.2) is 4.98 Å². The number of carbonyl (C=O) groups excluding carboxylic acids is 1. The van der Waals surface area contributed by atoms with E-state index >= 15 is 0 Å². The number of amides is 1. The van der Waals surface area contributed by atoms with Gasteiger partial charge < -0.3 is 9.64 Å². The van der Waals surface area contributed by atoms with E-state index in [0.29, 0.717) is 0 Å². The summed E-state index contributed by atoms with van der Waals surface area (Å²) in [4.78, 5) is 22.9. The molecular formula is C24H23N3O2S2. The lowest BCUT2D eigenvalue weighted by molar-refractivity contribution is -0.135. The fourth-order valence-corrected chi connectivity index (χ4v) is 5.36. The van der Waals surface area contributed by atoms with Crippen molar-refractivity contribution in [1.29, 1.82) is 0 Å². The van der Waals surface area contributed by atoms with Crippen LogP contribution in [0.2, 0.25) is 0 Å². The molecule has 0 unspecified atom stereocenters. The summed E-state index contributed by atoms with van der Waals surface area (Å²) in [5.74, 6) is 0.776. The van der Waals surface area contributed by atoms with E-state index in [1.807, 2.05) is 35.2 Å². The van der Waals surface area contributed by atoms with Crippen molar-refractivity contribution < 1.29 is 9.53 Å². The normalized spacial score (nSPS) is 14.8. The third-order valence-electron chi connectivity index (χ3n) is 5.49. The van der Waals surface area contributed by atoms with Gasteiger partial charge in [0.25, 0.3) is 5.91 Å². The Morgan fingerprint density at radius 1 is 0.968 bits per heavy atom. The number of thiazole rings is 1. The van der Waals surface area contributed by atoms with Gasteiger partial charge in [0, 0.05) is 31.6 Å². The van der Waals surface area contributed by atoms with Crippen LogP contribution in [-0.2, 0) is 11.3 Å². The second-order valence-corrected chi connectivity index (χ2v) is 9.45. The smallest absolute Gasteiger partial charge is 0.260 e. The quantitative estimate of drug-likeness (QED) is 0.426. The van der Waals surface area contributed by atoms with Gasteiger partial charge >= 0.3 is 0 Å². The fraction of sp³-hybridized carbons (Fsp3) is 0.250. The van der Waals surface area contributed by atoms with Crippen molar-refractivity contribution in [3.8, 4) is 16.3 Å². The summed E-state index contributed by atoms with van der Waals surface area (Å²) in [5, 5.41) is 7.62. The number of ether oxygens (including phenoxy) is 1. The fourth-order valence-electron chi connectivity index (χ4n) is 3.76. The third kappa shape index (κ3) is 4.79. The van der Waals surface area contributed by atoms with Crippen LogP contribution >= 0.6 is 22.7 Å². The molecule has 0 N–H and O–H groups in total. The molecule has 3 heterocycles. The largest absolute Gasteiger partial charge is 0.484 e. The maximum absolute atomic E-state index is 12.6. The van der Waals surface area contributed by atoms with Crippen LogP contribution in [0, 0.1) is 0 Å². The Morgan fingerprint density at radius 3 is 2.61 bits per heavy atom. The topological polar surface area (TPSA) is 45.7 Å². The summed E-state index contributed by atoms with van der Waals surface area (Å²) in [6.07, 6.45) is 0. The minimum atomic E-state index is 0.0436. The van der Waals surface area contributed by atoms with Crippen LogP contribution in [0.15, 0.2) is 65.4 Å². The number of benzene rings is 2. The number of fused-ring (bicyclic) bond motifs is 1. The Bertz CT molecular complexity index is 1160. The summed E-state index contributed by atoms with van der Waals surface area (Å²) in [6.45, 7) is 4.08. The van der Waals surface area contributed by atoms with E-state index in [-0.39, 0.29) is 12.5 Å². The first-order valence-electron chi connectivity index (χ1n) is 10.3. The van der Waals surface area contributed by atoms with Crippen molar-refractivity contribution in [2.75, 3.05) is 32.8 Å². The lowest BCUT2D eigenvalue weighted by Crippen LogP contribution is -2.49. The molecule has 1 amide bonds. The van der Waals surface area contributed by atoms with Crippen molar-refractivity contribution in [2.45, 2.75) is 6.54 Å². The zero-order valence-corrected chi connectivity index (χ0v) is 18.7. The minimum absolute atomic E-state index is 0.0436. The highest BCUT2D eigenvalue weighted by Gasteiger charge is 2.22. The number of piperazine rings is 1. The molecule has 1 saturated heterocycles. The van der Waals surface area contributed by atoms with Gasteiger partial charge in [-0.2, -0.15) is 0 Å². The molecule has 31 heavy (non-hydrogen) atoms. The lowest BCUT2D eigenvalue weighted by Gasteiger charge is -2.34. The van der Waals surface area contributed by atoms with Crippen molar-refractivity contribution in [3.63, 3.8) is 0 Å². The van der Waals surface area contributed by atoms with Crippen LogP contribution < -0.4 is 4.74 Å². The zero-order chi connectivity index (χ0) is 21.0. The molecule has 5 rings (SSSR count). The maximum Gasteiger partial charge on any atom is 0.260 e. The Balaban J connectivity index is 1.10. The summed E-state index contributed by atoms with van der Waals surface area (Å²) in [5.41, 5.74) is 1.06. The molecule has 4 aromatic rings. The van der Waals surface area contributed by atoms with Gasteiger partial charge in [0.1, 0.15) is 10.8 Å². The van der Waals surface area contributed by atoms with Crippen molar-refractivity contribution in [1.82, 2.24) is 14.8 Å². The van der Waals surface area contributed by atoms with E-state index in [1.165, 1.54) is 10.3 Å². The number of aromatic nitrogens is 1. The first kappa shape index (κ1) is 20.2. The standard InChI is InChI=1S/C24H23N3O2S2/c28-24(16-29-20-8-7-18-4-1-2-5-19(18)14-20)27-11-9-26(10-12-27)15-23-25-21(17-31-23)22-6-3-13-30-22/h1-8,13-14,17H,9-12,15-16H2. The molecule has 0 aliphatic carbocycles. The molecule has 1 fully saturated rings. The number of hydrogen-bond acceptors (Lipinski definition) is 6. The van der Waals surface area contributed by atoms with E-state index < -0.39 is 0 Å². The van der Waals surface area contributed by atoms with Crippen LogP contribution in [0.25, 0.3) is 21.3 Å². The van der Waals surface area contributed by atoms with Crippen molar-refractivity contribution in [3.05, 3.63) is 70.4 Å². The third-order valence-corrected chi connectivity index (χ3v) is 7.22. The van der Waals surface area contributed by atoms with Gasteiger partial charge in [-0.05, 0) is 34.4 Å². The van der Waals surface area contributed by atoms with Crippen LogP contribution in [0.5, 0.6) is 5.75 Å². The SMILES string of the molecule is O=C(COc1ccc2ccccc2c1)N1CCN(Cc2nc(-c3cccs3)cs2)CC1. The van der Waals surface area contributed by atoms with Crippen LogP contribution in [0.4, 0.5) is 0 Å². The van der Waals surface area contributed by atoms with Crippen molar-refractivity contribution in [2.24, 2.45) is 0 Å². The first-order valence-corrected chi connectivity index (χ1v) is 12.1. The van der Waals surface area contributed by atoms with Crippen molar-refractivity contribution >= 4 is 39.4 Å². The van der Waals surface area contributed by atoms with Gasteiger partial charge in [0.05, 0.1) is 17.1 Å². The average molecular weight is 450 g/mol. The average Bonchev–Trinajstić information content (AvgIpc) is 3.50. The molecular weight excluding hydrogens is 426 g/mol. The molecule has 0 radical (unpaired) electrons. The van der Waals surface area contributed by atoms with Crippen LogP contribution in [-0.4, -0.2) is 53.5 Å². The molecule has 0 saturated carbocycles. The zero-order valence-electron chi connectivity index (χ0n) is 17.1. The highest BCUT2D eigenvalue weighted by atomic mass is 32.1. The second kappa shape index (κ2) is 9.18.